The maximum atomic E-state index is 12.6. The van der Waals surface area contributed by atoms with E-state index < -0.39 is 10.0 Å². The third kappa shape index (κ3) is 5.35. The Morgan fingerprint density at radius 3 is 2.48 bits per heavy atom. The molecule has 2 fully saturated rings. The number of hydrogen-bond donors (Lipinski definition) is 1. The van der Waals surface area contributed by atoms with Crippen LogP contribution in [0.25, 0.3) is 0 Å². The highest BCUT2D eigenvalue weighted by Gasteiger charge is 2.34. The molecule has 162 valence electrons. The number of hydrogen-bond acceptors (Lipinski definition) is 6. The lowest BCUT2D eigenvalue weighted by atomic mass is 10.0. The first-order chi connectivity index (χ1) is 13.8. The van der Waals surface area contributed by atoms with Gasteiger partial charge in [-0.15, -0.1) is 0 Å². The minimum atomic E-state index is -3.54. The number of anilines is 1. The van der Waals surface area contributed by atoms with E-state index in [1.54, 1.807) is 19.2 Å². The Bertz CT molecular complexity index is 791. The highest BCUT2D eigenvalue weighted by atomic mass is 32.2. The van der Waals surface area contributed by atoms with Crippen LogP contribution in [0.15, 0.2) is 29.2 Å². The van der Waals surface area contributed by atoms with Gasteiger partial charge in [-0.1, -0.05) is 6.42 Å². The summed E-state index contributed by atoms with van der Waals surface area (Å²) >= 11 is 0. The normalized spacial score (nSPS) is 21.8. The minimum Gasteiger partial charge on any atom is -0.349 e. The lowest BCUT2D eigenvalue weighted by Gasteiger charge is -2.37. The summed E-state index contributed by atoms with van der Waals surface area (Å²) in [6.07, 6.45) is 2.85. The quantitative estimate of drug-likeness (QED) is 0.718. The molecule has 1 aromatic carbocycles. The van der Waals surface area contributed by atoms with E-state index in [0.717, 1.165) is 25.8 Å². The molecule has 2 aliphatic heterocycles. The van der Waals surface area contributed by atoms with Crippen molar-refractivity contribution in [3.05, 3.63) is 24.3 Å². The molecule has 1 unspecified atom stereocenters. The summed E-state index contributed by atoms with van der Waals surface area (Å²) in [5, 5.41) is 2.86. The SMILES string of the molecule is CC(C)N(C)S(=O)(=O)c1ccc(NC(=O)CN2CCCCC2C2OCCO2)cc1. The first kappa shape index (κ1) is 22.2. The second kappa shape index (κ2) is 9.53. The fourth-order valence-corrected chi connectivity index (χ4v) is 5.03. The Labute approximate surface area is 173 Å². The number of likely N-dealkylation sites (tertiary alicyclic amines) is 1. The van der Waals surface area contributed by atoms with Crippen LogP contribution in [-0.2, 0) is 24.3 Å². The van der Waals surface area contributed by atoms with E-state index in [2.05, 4.69) is 10.2 Å². The van der Waals surface area contributed by atoms with E-state index in [1.807, 2.05) is 13.8 Å². The van der Waals surface area contributed by atoms with Gasteiger partial charge in [0.15, 0.2) is 6.29 Å². The Morgan fingerprint density at radius 2 is 1.86 bits per heavy atom. The predicted octanol–water partition coefficient (Wildman–Crippen LogP) is 1.88. The van der Waals surface area contributed by atoms with Crippen LogP contribution >= 0.6 is 0 Å². The Hall–Kier alpha value is -1.52. The van der Waals surface area contributed by atoms with Crippen LogP contribution in [0.2, 0.25) is 0 Å². The van der Waals surface area contributed by atoms with Gasteiger partial charge in [0.2, 0.25) is 15.9 Å². The molecule has 3 rings (SSSR count). The standard InChI is InChI=1S/C20H31N3O5S/c1-15(2)22(3)29(25,26)17-9-7-16(8-10-17)21-19(24)14-23-11-5-4-6-18(23)20-27-12-13-28-20/h7-10,15,18,20H,4-6,11-14H2,1-3H3,(H,21,24). The molecule has 0 bridgehead atoms. The predicted molar refractivity (Wildman–Crippen MR) is 110 cm³/mol. The minimum absolute atomic E-state index is 0.0936. The third-order valence-corrected chi connectivity index (χ3v) is 7.56. The van der Waals surface area contributed by atoms with Gasteiger partial charge in [-0.25, -0.2) is 8.42 Å². The van der Waals surface area contributed by atoms with E-state index in [4.69, 9.17) is 9.47 Å². The number of carbonyl (C=O) groups excluding carboxylic acids is 1. The van der Waals surface area contributed by atoms with E-state index in [-0.39, 0.29) is 35.7 Å². The second-order valence-corrected chi connectivity index (χ2v) is 9.83. The van der Waals surface area contributed by atoms with Crippen LogP contribution in [0, 0.1) is 0 Å². The van der Waals surface area contributed by atoms with E-state index in [0.29, 0.717) is 18.9 Å². The van der Waals surface area contributed by atoms with Crippen molar-refractivity contribution in [1.82, 2.24) is 9.21 Å². The molecule has 0 saturated carbocycles. The van der Waals surface area contributed by atoms with Gasteiger partial charge < -0.3 is 14.8 Å². The number of amides is 1. The highest BCUT2D eigenvalue weighted by Crippen LogP contribution is 2.24. The summed E-state index contributed by atoms with van der Waals surface area (Å²) in [4.78, 5) is 14.9. The molecule has 0 aliphatic carbocycles. The average molecular weight is 426 g/mol. The van der Waals surface area contributed by atoms with Gasteiger partial charge in [0, 0.05) is 18.8 Å². The fourth-order valence-electron chi connectivity index (χ4n) is 3.66. The first-order valence-corrected chi connectivity index (χ1v) is 11.6. The first-order valence-electron chi connectivity index (χ1n) is 10.1. The molecular weight excluding hydrogens is 394 g/mol. The molecule has 1 aromatic rings. The summed E-state index contributed by atoms with van der Waals surface area (Å²) in [7, 11) is -1.98. The van der Waals surface area contributed by atoms with Crippen LogP contribution in [0.4, 0.5) is 5.69 Å². The van der Waals surface area contributed by atoms with Gasteiger partial charge in [-0.05, 0) is 57.5 Å². The molecular formula is C20H31N3O5S. The van der Waals surface area contributed by atoms with Gasteiger partial charge in [0.25, 0.3) is 0 Å². The Kier molecular flexibility index (Phi) is 7.28. The molecule has 1 N–H and O–H groups in total. The van der Waals surface area contributed by atoms with Gasteiger partial charge >= 0.3 is 0 Å². The fraction of sp³-hybridized carbons (Fsp3) is 0.650. The Morgan fingerprint density at radius 1 is 1.21 bits per heavy atom. The van der Waals surface area contributed by atoms with Gasteiger partial charge in [0.1, 0.15) is 0 Å². The largest absolute Gasteiger partial charge is 0.349 e. The van der Waals surface area contributed by atoms with Crippen molar-refractivity contribution in [3.63, 3.8) is 0 Å². The third-order valence-electron chi connectivity index (χ3n) is 5.51. The highest BCUT2D eigenvalue weighted by molar-refractivity contribution is 7.89. The van der Waals surface area contributed by atoms with Crippen molar-refractivity contribution in [2.75, 3.05) is 38.7 Å². The van der Waals surface area contributed by atoms with Crippen LogP contribution in [-0.4, -0.2) is 75.3 Å². The number of piperidine rings is 1. The zero-order valence-corrected chi connectivity index (χ0v) is 18.2. The van der Waals surface area contributed by atoms with Crippen molar-refractivity contribution in [2.24, 2.45) is 0 Å². The van der Waals surface area contributed by atoms with Crippen LogP contribution in [0.5, 0.6) is 0 Å². The number of nitrogens with one attached hydrogen (secondary N) is 1. The molecule has 8 nitrogen and oxygen atoms in total. The van der Waals surface area contributed by atoms with Crippen molar-refractivity contribution in [2.45, 2.75) is 56.4 Å². The zero-order valence-electron chi connectivity index (χ0n) is 17.3. The van der Waals surface area contributed by atoms with Crippen molar-refractivity contribution >= 4 is 21.6 Å². The number of sulfonamides is 1. The summed E-state index contributed by atoms with van der Waals surface area (Å²) < 4.78 is 37.7. The molecule has 2 aliphatic rings. The molecule has 1 atom stereocenters. The maximum absolute atomic E-state index is 12.6. The van der Waals surface area contributed by atoms with E-state index >= 15 is 0 Å². The number of carbonyl (C=O) groups is 1. The number of rotatable bonds is 7. The van der Waals surface area contributed by atoms with Crippen LogP contribution < -0.4 is 5.32 Å². The topological polar surface area (TPSA) is 88.2 Å². The summed E-state index contributed by atoms with van der Waals surface area (Å²) in [5.74, 6) is -0.134. The maximum Gasteiger partial charge on any atom is 0.243 e. The molecule has 0 aromatic heterocycles. The molecule has 0 radical (unpaired) electrons. The second-order valence-electron chi connectivity index (χ2n) is 7.83. The lowest BCUT2D eigenvalue weighted by molar-refractivity contribution is -0.127. The van der Waals surface area contributed by atoms with E-state index in [9.17, 15) is 13.2 Å². The summed E-state index contributed by atoms with van der Waals surface area (Å²) in [6, 6.07) is 6.24. The molecule has 2 heterocycles. The lowest BCUT2D eigenvalue weighted by Crippen LogP contribution is -2.50. The average Bonchev–Trinajstić information content (AvgIpc) is 3.22. The molecule has 0 spiro atoms. The van der Waals surface area contributed by atoms with Crippen LogP contribution in [0.3, 0.4) is 0 Å². The molecule has 29 heavy (non-hydrogen) atoms. The summed E-state index contributed by atoms with van der Waals surface area (Å²) in [5.41, 5.74) is 0.572. The van der Waals surface area contributed by atoms with Gasteiger partial charge in [-0.2, -0.15) is 4.31 Å². The van der Waals surface area contributed by atoms with Crippen molar-refractivity contribution in [3.8, 4) is 0 Å². The van der Waals surface area contributed by atoms with Crippen molar-refractivity contribution < 1.29 is 22.7 Å². The zero-order chi connectivity index (χ0) is 21.0. The number of nitrogens with zero attached hydrogens (tertiary/aromatic N) is 2. The number of ether oxygens (including phenoxy) is 2. The molecule has 2 saturated heterocycles. The van der Waals surface area contributed by atoms with Gasteiger partial charge in [-0.3, -0.25) is 9.69 Å². The molecule has 1 amide bonds. The smallest absolute Gasteiger partial charge is 0.243 e. The Balaban J connectivity index is 1.60. The molecule has 9 heteroatoms. The monoisotopic (exact) mass is 425 g/mol. The van der Waals surface area contributed by atoms with Crippen molar-refractivity contribution in [1.29, 1.82) is 0 Å². The van der Waals surface area contributed by atoms with Gasteiger partial charge in [0.05, 0.1) is 30.7 Å². The van der Waals surface area contributed by atoms with E-state index in [1.165, 1.54) is 16.4 Å². The number of benzene rings is 1. The summed E-state index contributed by atoms with van der Waals surface area (Å²) in [6.45, 7) is 5.93. The van der Waals surface area contributed by atoms with Crippen LogP contribution in [0.1, 0.15) is 33.1 Å².